The summed E-state index contributed by atoms with van der Waals surface area (Å²) in [6.07, 6.45) is 0.265. The molecular formula is C21H30N4O5. The van der Waals surface area contributed by atoms with Gasteiger partial charge in [0.25, 0.3) is 0 Å². The topological polar surface area (TPSA) is 111 Å². The number of para-hydroxylation sites is 1. The highest BCUT2D eigenvalue weighted by Crippen LogP contribution is 2.29. The van der Waals surface area contributed by atoms with Crippen molar-refractivity contribution in [2.75, 3.05) is 24.0 Å². The third-order valence-electron chi connectivity index (χ3n) is 3.80. The maximum absolute atomic E-state index is 12.5. The minimum atomic E-state index is -0.645. The number of anilines is 2. The van der Waals surface area contributed by atoms with Crippen LogP contribution in [0.25, 0.3) is 10.9 Å². The van der Waals surface area contributed by atoms with E-state index in [-0.39, 0.29) is 12.3 Å². The van der Waals surface area contributed by atoms with Gasteiger partial charge in [0.15, 0.2) is 6.29 Å². The number of nitrogens with one attached hydrogen (secondary N) is 3. The molecule has 0 spiro atoms. The standard InChI is InChI=1S/C21H30N4O5/c1-6-28-18(29-7-2)12-17(26)23-16-13-22-15-11-9-8-10-14(15)19(16)24-25-20(27)30-21(3,4)5/h8-11,13,18H,6-7,12H2,1-5H3,(H,22,24)(H,23,26)(H,25,27). The van der Waals surface area contributed by atoms with Gasteiger partial charge in [-0.25, -0.2) is 10.2 Å². The Hall–Kier alpha value is -2.91. The number of ether oxygens (including phenoxy) is 3. The Kier molecular flexibility index (Phi) is 8.37. The fourth-order valence-corrected chi connectivity index (χ4v) is 2.68. The number of carbonyl (C=O) groups excluding carboxylic acids is 2. The number of fused-ring (bicyclic) bond motifs is 1. The van der Waals surface area contributed by atoms with Gasteiger partial charge in [0, 0.05) is 18.6 Å². The molecule has 0 saturated carbocycles. The van der Waals surface area contributed by atoms with Gasteiger partial charge in [-0.2, -0.15) is 0 Å². The second kappa shape index (κ2) is 10.7. The van der Waals surface area contributed by atoms with Gasteiger partial charge in [-0.1, -0.05) is 18.2 Å². The van der Waals surface area contributed by atoms with E-state index in [0.717, 1.165) is 5.39 Å². The Balaban J connectivity index is 2.21. The molecule has 0 aliphatic carbocycles. The molecule has 0 atom stereocenters. The largest absolute Gasteiger partial charge is 0.443 e. The number of hydrazine groups is 1. The molecule has 9 heteroatoms. The zero-order valence-corrected chi connectivity index (χ0v) is 18.1. The quantitative estimate of drug-likeness (QED) is 0.419. The van der Waals surface area contributed by atoms with Gasteiger partial charge in [-0.15, -0.1) is 0 Å². The molecule has 2 aromatic rings. The van der Waals surface area contributed by atoms with E-state index in [4.69, 9.17) is 14.2 Å². The van der Waals surface area contributed by atoms with Gasteiger partial charge in [0.05, 0.1) is 29.5 Å². The lowest BCUT2D eigenvalue weighted by molar-refractivity contribution is -0.150. The molecule has 1 heterocycles. The Morgan fingerprint density at radius 1 is 1.10 bits per heavy atom. The van der Waals surface area contributed by atoms with Crippen molar-refractivity contribution in [1.29, 1.82) is 0 Å². The van der Waals surface area contributed by atoms with Crippen molar-refractivity contribution in [3.05, 3.63) is 30.5 Å². The van der Waals surface area contributed by atoms with E-state index in [1.165, 1.54) is 6.20 Å². The molecule has 0 radical (unpaired) electrons. The van der Waals surface area contributed by atoms with Crippen molar-refractivity contribution in [1.82, 2.24) is 10.4 Å². The Morgan fingerprint density at radius 2 is 1.77 bits per heavy atom. The number of carbonyl (C=O) groups is 2. The van der Waals surface area contributed by atoms with Crippen molar-refractivity contribution < 1.29 is 23.8 Å². The summed E-state index contributed by atoms with van der Waals surface area (Å²) in [5.74, 6) is -0.306. The molecule has 0 unspecified atom stereocenters. The summed E-state index contributed by atoms with van der Waals surface area (Å²) < 4.78 is 16.1. The van der Waals surface area contributed by atoms with Crippen LogP contribution in [0.15, 0.2) is 30.5 Å². The number of benzene rings is 1. The average Bonchev–Trinajstić information content (AvgIpc) is 2.66. The molecule has 3 N–H and O–H groups in total. The predicted octanol–water partition coefficient (Wildman–Crippen LogP) is 3.81. The molecular weight excluding hydrogens is 388 g/mol. The minimum absolute atomic E-state index is 0.0213. The molecule has 30 heavy (non-hydrogen) atoms. The van der Waals surface area contributed by atoms with Crippen molar-refractivity contribution >= 4 is 34.3 Å². The maximum Gasteiger partial charge on any atom is 0.426 e. The molecule has 0 bridgehead atoms. The smallest absolute Gasteiger partial charge is 0.426 e. The lowest BCUT2D eigenvalue weighted by atomic mass is 10.1. The lowest BCUT2D eigenvalue weighted by Gasteiger charge is -2.21. The number of hydrogen-bond acceptors (Lipinski definition) is 7. The van der Waals surface area contributed by atoms with E-state index in [0.29, 0.717) is 30.1 Å². The maximum atomic E-state index is 12.5. The molecule has 1 aromatic carbocycles. The third-order valence-corrected chi connectivity index (χ3v) is 3.80. The normalized spacial score (nSPS) is 11.4. The molecule has 2 rings (SSSR count). The van der Waals surface area contributed by atoms with Crippen LogP contribution < -0.4 is 16.2 Å². The van der Waals surface area contributed by atoms with E-state index >= 15 is 0 Å². The zero-order valence-electron chi connectivity index (χ0n) is 18.1. The summed E-state index contributed by atoms with van der Waals surface area (Å²) in [5, 5.41) is 3.53. The van der Waals surface area contributed by atoms with E-state index in [2.05, 4.69) is 21.2 Å². The van der Waals surface area contributed by atoms with E-state index < -0.39 is 18.0 Å². The summed E-state index contributed by atoms with van der Waals surface area (Å²) in [6, 6.07) is 7.36. The Morgan fingerprint density at radius 3 is 2.40 bits per heavy atom. The monoisotopic (exact) mass is 418 g/mol. The molecule has 0 fully saturated rings. The summed E-state index contributed by atoms with van der Waals surface area (Å²) in [6.45, 7) is 9.85. The highest BCUT2D eigenvalue weighted by Gasteiger charge is 2.19. The highest BCUT2D eigenvalue weighted by molar-refractivity contribution is 6.03. The lowest BCUT2D eigenvalue weighted by Crippen LogP contribution is -2.36. The number of hydrogen-bond donors (Lipinski definition) is 3. The van der Waals surface area contributed by atoms with Crippen LogP contribution in [0.3, 0.4) is 0 Å². The fourth-order valence-electron chi connectivity index (χ4n) is 2.68. The molecule has 1 aromatic heterocycles. The second-order valence-electron chi connectivity index (χ2n) is 7.41. The SMILES string of the molecule is CCOC(CC(=O)Nc1cnc2ccccc2c1NNC(=O)OC(C)(C)C)OCC. The van der Waals surface area contributed by atoms with Crippen LogP contribution in [0.5, 0.6) is 0 Å². The van der Waals surface area contributed by atoms with Crippen LogP contribution in [0.2, 0.25) is 0 Å². The molecule has 2 amide bonds. The van der Waals surface area contributed by atoms with Gasteiger partial charge < -0.3 is 19.5 Å². The van der Waals surface area contributed by atoms with Crippen LogP contribution in [-0.4, -0.2) is 42.1 Å². The number of aromatic nitrogens is 1. The highest BCUT2D eigenvalue weighted by atomic mass is 16.7. The molecule has 164 valence electrons. The summed E-state index contributed by atoms with van der Waals surface area (Å²) >= 11 is 0. The number of amides is 2. The Bertz CT molecular complexity index is 860. The van der Waals surface area contributed by atoms with E-state index in [9.17, 15) is 9.59 Å². The molecule has 0 saturated heterocycles. The van der Waals surface area contributed by atoms with Gasteiger partial charge in [-0.05, 0) is 40.7 Å². The van der Waals surface area contributed by atoms with E-state index in [1.54, 1.807) is 20.8 Å². The first kappa shape index (κ1) is 23.4. The van der Waals surface area contributed by atoms with Crippen LogP contribution in [-0.2, 0) is 19.0 Å². The average molecular weight is 418 g/mol. The third kappa shape index (κ3) is 7.16. The van der Waals surface area contributed by atoms with Gasteiger partial charge >= 0.3 is 6.09 Å². The predicted molar refractivity (Wildman–Crippen MR) is 115 cm³/mol. The van der Waals surface area contributed by atoms with Gasteiger partial charge in [0.1, 0.15) is 5.60 Å². The second-order valence-corrected chi connectivity index (χ2v) is 7.41. The summed E-state index contributed by atoms with van der Waals surface area (Å²) in [7, 11) is 0. The summed E-state index contributed by atoms with van der Waals surface area (Å²) in [5.41, 5.74) is 6.30. The zero-order chi connectivity index (χ0) is 22.1. The molecule has 0 aliphatic heterocycles. The first-order valence-corrected chi connectivity index (χ1v) is 9.89. The summed E-state index contributed by atoms with van der Waals surface area (Å²) in [4.78, 5) is 29.0. The van der Waals surface area contributed by atoms with Crippen LogP contribution in [0.1, 0.15) is 41.0 Å². The van der Waals surface area contributed by atoms with Crippen molar-refractivity contribution in [3.8, 4) is 0 Å². The van der Waals surface area contributed by atoms with Crippen molar-refractivity contribution in [3.63, 3.8) is 0 Å². The number of pyridine rings is 1. The Labute approximate surface area is 176 Å². The molecule has 0 aliphatic rings. The van der Waals surface area contributed by atoms with Gasteiger partial charge in [0.2, 0.25) is 5.91 Å². The first-order chi connectivity index (χ1) is 14.2. The van der Waals surface area contributed by atoms with Crippen molar-refractivity contribution in [2.24, 2.45) is 0 Å². The number of rotatable bonds is 9. The van der Waals surface area contributed by atoms with Crippen LogP contribution in [0, 0.1) is 0 Å². The first-order valence-electron chi connectivity index (χ1n) is 9.89. The van der Waals surface area contributed by atoms with Crippen molar-refractivity contribution in [2.45, 2.75) is 52.9 Å². The van der Waals surface area contributed by atoms with E-state index in [1.807, 2.05) is 38.1 Å². The van der Waals surface area contributed by atoms with Crippen LogP contribution in [0.4, 0.5) is 16.2 Å². The minimum Gasteiger partial charge on any atom is -0.443 e. The molecule has 9 nitrogen and oxygen atoms in total. The fraction of sp³-hybridized carbons (Fsp3) is 0.476. The van der Waals surface area contributed by atoms with Gasteiger partial charge in [-0.3, -0.25) is 15.2 Å². The number of nitrogens with zero attached hydrogens (tertiary/aromatic N) is 1. The van der Waals surface area contributed by atoms with Crippen LogP contribution >= 0.6 is 0 Å².